The molecule has 3 rings (SSSR count). The Morgan fingerprint density at radius 1 is 0.372 bits per heavy atom. The maximum Gasteiger partial charge on any atom is 0.220 e. The Morgan fingerprint density at radius 3 is 1.06 bits per heavy atom. The summed E-state index contributed by atoms with van der Waals surface area (Å²) in [5.74, 6) is -0.284. The molecule has 0 aromatic heterocycles. The predicted octanol–water partition coefficient (Wildman–Crippen LogP) is 11.6. The van der Waals surface area contributed by atoms with Crippen molar-refractivity contribution in [2.24, 2.45) is 0 Å². The van der Waals surface area contributed by atoms with Gasteiger partial charge in [0.05, 0.1) is 38.6 Å². The number of carbonyl (C=O) groups is 1. The molecule has 0 saturated carbocycles. The average Bonchev–Trinajstić information content (AvgIpc) is 0.787. The third-order valence-corrected chi connectivity index (χ3v) is 19.2. The monoisotopic (exact) mass is 1340 g/mol. The van der Waals surface area contributed by atoms with Crippen molar-refractivity contribution in [1.29, 1.82) is 0 Å². The van der Waals surface area contributed by atoms with Crippen LogP contribution in [0.3, 0.4) is 0 Å². The summed E-state index contributed by atoms with van der Waals surface area (Å²) in [6, 6.07) is -0.995. The van der Waals surface area contributed by atoms with Crippen molar-refractivity contribution in [3.8, 4) is 0 Å². The highest BCUT2D eigenvalue weighted by atomic mass is 16.8. The van der Waals surface area contributed by atoms with Gasteiger partial charge in [-0.3, -0.25) is 4.79 Å². The Hall–Kier alpha value is -1.99. The molecule has 0 aromatic carbocycles. The van der Waals surface area contributed by atoms with Gasteiger partial charge in [0.2, 0.25) is 5.91 Å². The van der Waals surface area contributed by atoms with Crippen molar-refractivity contribution in [2.45, 2.75) is 407 Å². The van der Waals surface area contributed by atoms with Crippen LogP contribution in [-0.4, -0.2) is 193 Å². The zero-order valence-electron chi connectivity index (χ0n) is 58.7. The van der Waals surface area contributed by atoms with E-state index in [1.165, 1.54) is 225 Å². The lowest BCUT2D eigenvalue weighted by Gasteiger charge is -2.48. The molecule has 3 fully saturated rings. The molecule has 0 spiro atoms. The van der Waals surface area contributed by atoms with Gasteiger partial charge < -0.3 is 89.9 Å². The van der Waals surface area contributed by atoms with Gasteiger partial charge in [0.25, 0.3) is 0 Å². The lowest BCUT2D eigenvalue weighted by atomic mass is 9.96. The van der Waals surface area contributed by atoms with Crippen molar-refractivity contribution in [1.82, 2.24) is 5.32 Å². The first-order valence-electron chi connectivity index (χ1n) is 38.2. The normalized spacial score (nSPS) is 27.5. The van der Waals surface area contributed by atoms with Crippen molar-refractivity contribution in [2.75, 3.05) is 26.4 Å². The summed E-state index contributed by atoms with van der Waals surface area (Å²) in [6.07, 6.45) is 41.3. The van der Waals surface area contributed by atoms with Gasteiger partial charge in [0.1, 0.15) is 73.2 Å². The second-order valence-electron chi connectivity index (χ2n) is 27.5. The van der Waals surface area contributed by atoms with Crippen molar-refractivity contribution in [3.05, 3.63) is 36.5 Å². The zero-order valence-corrected chi connectivity index (χ0v) is 58.7. The van der Waals surface area contributed by atoms with E-state index < -0.39 is 124 Å². The third-order valence-electron chi connectivity index (χ3n) is 19.2. The average molecular weight is 1340 g/mol. The van der Waals surface area contributed by atoms with Gasteiger partial charge in [0.15, 0.2) is 18.9 Å². The fraction of sp³-hybridized carbons (Fsp3) is 0.907. The van der Waals surface area contributed by atoms with E-state index in [1.807, 2.05) is 6.08 Å². The highest BCUT2D eigenvalue weighted by Crippen LogP contribution is 2.33. The van der Waals surface area contributed by atoms with E-state index in [4.69, 9.17) is 28.4 Å². The first-order chi connectivity index (χ1) is 45.8. The number of ether oxygens (including phenoxy) is 6. The minimum atomic E-state index is -1.98. The summed E-state index contributed by atoms with van der Waals surface area (Å²) in [6.45, 7) is 1.76. The smallest absolute Gasteiger partial charge is 0.220 e. The lowest BCUT2D eigenvalue weighted by Crippen LogP contribution is -2.66. The largest absolute Gasteiger partial charge is 0.394 e. The topological polar surface area (TPSA) is 307 Å². The minimum absolute atomic E-state index is 0.236. The van der Waals surface area contributed by atoms with E-state index in [-0.39, 0.29) is 18.9 Å². The van der Waals surface area contributed by atoms with Gasteiger partial charge in [-0.15, -0.1) is 0 Å². The van der Waals surface area contributed by atoms with Gasteiger partial charge >= 0.3 is 0 Å². The van der Waals surface area contributed by atoms with E-state index in [2.05, 4.69) is 43.5 Å². The highest BCUT2D eigenvalue weighted by molar-refractivity contribution is 5.76. The number of hydrogen-bond donors (Lipinski definition) is 12. The van der Waals surface area contributed by atoms with Crippen LogP contribution >= 0.6 is 0 Å². The maximum atomic E-state index is 13.4. The van der Waals surface area contributed by atoms with Crippen molar-refractivity contribution >= 4 is 5.91 Å². The highest BCUT2D eigenvalue weighted by Gasteiger charge is 2.53. The number of aliphatic hydroxyl groups is 11. The molecule has 12 N–H and O–H groups in total. The summed E-state index contributed by atoms with van der Waals surface area (Å²) in [5.41, 5.74) is 0. The molecule has 1 amide bonds. The molecule has 0 radical (unpaired) electrons. The number of carbonyl (C=O) groups excluding carboxylic acids is 1. The van der Waals surface area contributed by atoms with Crippen LogP contribution in [0.25, 0.3) is 0 Å². The molecule has 3 saturated heterocycles. The van der Waals surface area contributed by atoms with Gasteiger partial charge in [-0.2, -0.15) is 0 Å². The SMILES string of the molecule is CCCCCCCCCCCCCCCCCC/C=C/CC/C=C/CC/C=C/C(O)C(COC1OC(CO)C(OC2OC(CO)C(OC3OC(CO)C(O)C(O)C3O)C(O)C2O)C(O)C1O)NC(=O)CCCCCCCCCCCCCCCCCCCCCCCCC. The van der Waals surface area contributed by atoms with E-state index in [1.54, 1.807) is 6.08 Å². The Morgan fingerprint density at radius 2 is 0.681 bits per heavy atom. The fourth-order valence-corrected chi connectivity index (χ4v) is 13.0. The first kappa shape index (κ1) is 86.2. The summed E-state index contributed by atoms with van der Waals surface area (Å²) in [5, 5.41) is 121. The molecule has 17 unspecified atom stereocenters. The van der Waals surface area contributed by atoms with Crippen molar-refractivity contribution < 1.29 is 89.4 Å². The van der Waals surface area contributed by atoms with Gasteiger partial charge in [-0.1, -0.05) is 288 Å². The van der Waals surface area contributed by atoms with Gasteiger partial charge in [-0.05, 0) is 44.9 Å². The second kappa shape index (κ2) is 56.7. The number of aliphatic hydroxyl groups excluding tert-OH is 11. The molecule has 17 atom stereocenters. The zero-order chi connectivity index (χ0) is 68.2. The Balaban J connectivity index is 1.42. The van der Waals surface area contributed by atoms with Gasteiger partial charge in [0, 0.05) is 6.42 Å². The minimum Gasteiger partial charge on any atom is -0.394 e. The maximum absolute atomic E-state index is 13.4. The predicted molar refractivity (Wildman–Crippen MR) is 369 cm³/mol. The molecule has 0 bridgehead atoms. The summed E-state index contributed by atoms with van der Waals surface area (Å²) in [7, 11) is 0. The number of nitrogens with one attached hydrogen (secondary N) is 1. The molecule has 94 heavy (non-hydrogen) atoms. The molecule has 0 aliphatic carbocycles. The number of amides is 1. The van der Waals surface area contributed by atoms with Gasteiger partial charge in [-0.25, -0.2) is 0 Å². The number of hydrogen-bond acceptors (Lipinski definition) is 18. The van der Waals surface area contributed by atoms with Crippen LogP contribution in [-0.2, 0) is 33.2 Å². The molecule has 19 nitrogen and oxygen atoms in total. The van der Waals surface area contributed by atoms with E-state index in [0.29, 0.717) is 12.8 Å². The number of allylic oxidation sites excluding steroid dienone is 5. The molecule has 3 aliphatic heterocycles. The van der Waals surface area contributed by atoms with E-state index in [9.17, 15) is 61.0 Å². The van der Waals surface area contributed by atoms with Crippen LogP contribution in [0.1, 0.15) is 303 Å². The standard InChI is InChI=1S/C75H139NO18/c1-3-5-7-9-11-13-15-17-19-21-23-25-27-28-29-31-32-34-36-38-40-42-44-46-48-50-52-59(80)58(76-63(81)53-51-49-47-45-43-41-39-37-35-33-30-26-24-22-20-18-16-14-12-10-8-6-4-2)57-89-73-69(87)66(84)71(61(55-78)91-73)94-75-70(88)67(85)72(62(56-79)92-75)93-74-68(86)65(83)64(82)60(54-77)90-74/h34,36,42,44,50,52,58-62,64-75,77-80,82-88H,3-33,35,37-41,43,45-49,51,53-57H2,1-2H3,(H,76,81)/b36-34+,44-42+,52-50+. The lowest BCUT2D eigenvalue weighted by molar-refractivity contribution is -0.379. The van der Waals surface area contributed by atoms with Crippen LogP contribution in [0, 0.1) is 0 Å². The molecular weight excluding hydrogens is 1200 g/mol. The van der Waals surface area contributed by atoms with Crippen LogP contribution in [0.2, 0.25) is 0 Å². The molecule has 0 aromatic rings. The summed E-state index contributed by atoms with van der Waals surface area (Å²) >= 11 is 0. The van der Waals surface area contributed by atoms with E-state index in [0.717, 1.165) is 44.9 Å². The van der Waals surface area contributed by atoms with Crippen LogP contribution in [0.15, 0.2) is 36.5 Å². The third kappa shape index (κ3) is 37.4. The Labute approximate surface area is 568 Å². The van der Waals surface area contributed by atoms with Crippen LogP contribution in [0.4, 0.5) is 0 Å². The molecular formula is C75H139NO18. The fourth-order valence-electron chi connectivity index (χ4n) is 13.0. The van der Waals surface area contributed by atoms with Crippen LogP contribution in [0.5, 0.6) is 0 Å². The Bertz CT molecular complexity index is 1840. The molecule has 3 heterocycles. The quantitative estimate of drug-likeness (QED) is 0.0199. The summed E-state index contributed by atoms with van der Waals surface area (Å²) < 4.78 is 34.4. The number of rotatable bonds is 60. The van der Waals surface area contributed by atoms with E-state index >= 15 is 0 Å². The first-order valence-corrected chi connectivity index (χ1v) is 38.2. The number of unbranched alkanes of at least 4 members (excludes halogenated alkanes) is 40. The second-order valence-corrected chi connectivity index (χ2v) is 27.5. The van der Waals surface area contributed by atoms with Crippen molar-refractivity contribution in [3.63, 3.8) is 0 Å². The molecule has 3 aliphatic rings. The summed E-state index contributed by atoms with van der Waals surface area (Å²) in [4.78, 5) is 13.4. The molecule has 552 valence electrons. The van der Waals surface area contributed by atoms with Crippen LogP contribution < -0.4 is 5.32 Å². The molecule has 19 heteroatoms. The Kier molecular flexibility index (Phi) is 52.0.